The van der Waals surface area contributed by atoms with Crippen molar-refractivity contribution in [3.05, 3.63) is 36.2 Å². The van der Waals surface area contributed by atoms with Gasteiger partial charge in [-0.3, -0.25) is 9.72 Å². The third-order valence-corrected chi connectivity index (χ3v) is 4.91. The van der Waals surface area contributed by atoms with E-state index >= 15 is 0 Å². The van der Waals surface area contributed by atoms with E-state index in [1.54, 1.807) is 0 Å². The molecule has 160 valence electrons. The number of rotatable bonds is 5. The van der Waals surface area contributed by atoms with Crippen LogP contribution in [0.15, 0.2) is 35.5 Å². The molecule has 0 spiro atoms. The van der Waals surface area contributed by atoms with Gasteiger partial charge in [0.1, 0.15) is 5.65 Å². The molecule has 15 heteroatoms. The fraction of sp³-hybridized carbons (Fsp3) is 0.200. The molecule has 0 aromatic carbocycles. The number of halogens is 3. The summed E-state index contributed by atoms with van der Waals surface area (Å²) in [5, 5.41) is 0.748. The minimum Gasteiger partial charge on any atom is -0.481 e. The second-order valence-corrected chi connectivity index (χ2v) is 7.13. The lowest BCUT2D eigenvalue weighted by molar-refractivity contribution is -0.143. The van der Waals surface area contributed by atoms with E-state index in [1.165, 1.54) is 43.2 Å². The van der Waals surface area contributed by atoms with Crippen LogP contribution in [0.3, 0.4) is 0 Å². The van der Waals surface area contributed by atoms with Gasteiger partial charge in [0.2, 0.25) is 17.7 Å². The molecule has 0 aliphatic heterocycles. The highest BCUT2D eigenvalue weighted by Gasteiger charge is 2.42. The molecule has 2 amide bonds. The molecule has 0 radical (unpaired) electrons. The Morgan fingerprint density at radius 3 is 2.30 bits per heavy atom. The zero-order chi connectivity index (χ0) is 22.1. The number of alkyl halides is 3. The van der Waals surface area contributed by atoms with Gasteiger partial charge in [-0.05, 0) is 12.1 Å². The number of nitrogens with one attached hydrogen (secondary N) is 2. The molecule has 2 N–H and O–H groups in total. The van der Waals surface area contributed by atoms with E-state index in [9.17, 15) is 26.4 Å². The first kappa shape index (κ1) is 21.1. The number of nitrogens with zero attached hydrogens (tertiary/aromatic N) is 4. The first-order valence-electron chi connectivity index (χ1n) is 7.90. The Bertz CT molecular complexity index is 1190. The molecule has 30 heavy (non-hydrogen) atoms. The Labute approximate surface area is 166 Å². The Hall–Kier alpha value is -3.62. The molecule has 0 unspecified atom stereocenters. The van der Waals surface area contributed by atoms with Gasteiger partial charge in [-0.2, -0.15) is 31.6 Å². The van der Waals surface area contributed by atoms with Crippen molar-refractivity contribution < 1.29 is 35.9 Å². The largest absolute Gasteiger partial charge is 0.481 e. The maximum atomic E-state index is 13.4. The Balaban J connectivity index is 1.95. The number of aromatic nitrogens is 4. The van der Waals surface area contributed by atoms with Crippen LogP contribution < -0.4 is 19.5 Å². The Morgan fingerprint density at radius 2 is 1.73 bits per heavy atom. The van der Waals surface area contributed by atoms with Gasteiger partial charge in [-0.25, -0.2) is 14.5 Å². The summed E-state index contributed by atoms with van der Waals surface area (Å²) in [6, 6.07) is 3.75. The van der Waals surface area contributed by atoms with Gasteiger partial charge < -0.3 is 9.47 Å². The van der Waals surface area contributed by atoms with Gasteiger partial charge in [-0.1, -0.05) is 6.07 Å². The van der Waals surface area contributed by atoms with E-state index in [0.29, 0.717) is 4.40 Å². The van der Waals surface area contributed by atoms with Gasteiger partial charge in [0, 0.05) is 6.20 Å². The van der Waals surface area contributed by atoms with Gasteiger partial charge in [0.05, 0.1) is 20.3 Å². The average Bonchev–Trinajstić information content (AvgIpc) is 3.08. The molecule has 0 atom stereocenters. The topological polar surface area (TPSA) is 137 Å². The lowest BCUT2D eigenvalue weighted by Crippen LogP contribution is -2.36. The summed E-state index contributed by atoms with van der Waals surface area (Å²) < 4.78 is 77.2. The SMILES string of the molecule is COc1cc(OC)nc(NC(=O)NS(=O)(=O)c2c(C(F)(F)F)nc3ccccn23)n1. The van der Waals surface area contributed by atoms with Crippen LogP contribution in [0.5, 0.6) is 11.8 Å². The van der Waals surface area contributed by atoms with Crippen molar-refractivity contribution in [1.29, 1.82) is 0 Å². The highest BCUT2D eigenvalue weighted by atomic mass is 32.2. The number of fused-ring (bicyclic) bond motifs is 1. The molecule has 0 saturated heterocycles. The fourth-order valence-electron chi connectivity index (χ4n) is 2.38. The van der Waals surface area contributed by atoms with E-state index in [0.717, 1.165) is 6.20 Å². The molecule has 3 rings (SSSR count). The highest BCUT2D eigenvalue weighted by molar-refractivity contribution is 7.90. The molecule has 0 aliphatic rings. The van der Waals surface area contributed by atoms with Crippen LogP contribution in [-0.2, 0) is 16.2 Å². The summed E-state index contributed by atoms with van der Waals surface area (Å²) in [6.07, 6.45) is -4.02. The van der Waals surface area contributed by atoms with E-state index < -0.39 is 38.9 Å². The van der Waals surface area contributed by atoms with Gasteiger partial charge in [0.25, 0.3) is 10.0 Å². The van der Waals surface area contributed by atoms with Crippen molar-refractivity contribution in [2.75, 3.05) is 19.5 Å². The summed E-state index contributed by atoms with van der Waals surface area (Å²) in [4.78, 5) is 23.0. The summed E-state index contributed by atoms with van der Waals surface area (Å²) >= 11 is 0. The van der Waals surface area contributed by atoms with Crippen molar-refractivity contribution in [2.45, 2.75) is 11.2 Å². The highest BCUT2D eigenvalue weighted by Crippen LogP contribution is 2.34. The number of amides is 2. The smallest absolute Gasteiger partial charge is 0.436 e. The van der Waals surface area contributed by atoms with E-state index in [2.05, 4.69) is 15.0 Å². The van der Waals surface area contributed by atoms with E-state index in [1.807, 2.05) is 5.32 Å². The van der Waals surface area contributed by atoms with Gasteiger partial charge in [0.15, 0.2) is 10.7 Å². The minimum absolute atomic E-state index is 0.0128. The predicted molar refractivity (Wildman–Crippen MR) is 94.7 cm³/mol. The lowest BCUT2D eigenvalue weighted by atomic mass is 10.5. The first-order valence-corrected chi connectivity index (χ1v) is 9.38. The van der Waals surface area contributed by atoms with E-state index in [4.69, 9.17) is 9.47 Å². The van der Waals surface area contributed by atoms with Crippen LogP contribution in [0.1, 0.15) is 5.69 Å². The molecule has 0 fully saturated rings. The second kappa shape index (κ2) is 7.66. The molecule has 11 nitrogen and oxygen atoms in total. The second-order valence-electron chi connectivity index (χ2n) is 5.53. The van der Waals surface area contributed by atoms with Crippen molar-refractivity contribution in [3.63, 3.8) is 0 Å². The van der Waals surface area contributed by atoms with Crippen LogP contribution in [0, 0.1) is 0 Å². The van der Waals surface area contributed by atoms with Crippen molar-refractivity contribution in [2.24, 2.45) is 0 Å². The average molecular weight is 446 g/mol. The van der Waals surface area contributed by atoms with Gasteiger partial charge >= 0.3 is 12.2 Å². The molecular formula is C15H13F3N6O5S. The Morgan fingerprint density at radius 1 is 1.10 bits per heavy atom. The standard InChI is InChI=1S/C15H13F3N6O5S/c1-28-9-7-10(29-2)21-13(20-9)22-14(25)23-30(26,27)12-11(15(16,17)18)19-8-5-3-4-6-24(8)12/h3-7H,1-2H3,(H2,20,21,22,23,25). The van der Waals surface area contributed by atoms with Crippen LogP contribution in [0.25, 0.3) is 5.65 Å². The molecule has 3 aromatic heterocycles. The molecule has 3 aromatic rings. The minimum atomic E-state index is -5.09. The van der Waals surface area contributed by atoms with Gasteiger partial charge in [-0.15, -0.1) is 0 Å². The molecule has 0 saturated carbocycles. The number of ether oxygens (including phenoxy) is 2. The van der Waals surface area contributed by atoms with E-state index in [-0.39, 0.29) is 17.4 Å². The molecule has 0 bridgehead atoms. The molecule has 0 aliphatic carbocycles. The van der Waals surface area contributed by atoms with Crippen molar-refractivity contribution in [1.82, 2.24) is 24.1 Å². The van der Waals surface area contributed by atoms with Crippen LogP contribution in [0.2, 0.25) is 0 Å². The number of urea groups is 1. The van der Waals surface area contributed by atoms with Crippen LogP contribution in [0.4, 0.5) is 23.9 Å². The first-order chi connectivity index (χ1) is 14.0. The third-order valence-electron chi connectivity index (χ3n) is 3.56. The summed E-state index contributed by atoms with van der Waals surface area (Å²) in [7, 11) is -2.45. The molecular weight excluding hydrogens is 433 g/mol. The quantitative estimate of drug-likeness (QED) is 0.604. The number of carbonyl (C=O) groups is 1. The molecule has 3 heterocycles. The number of hydrogen-bond acceptors (Lipinski definition) is 8. The maximum absolute atomic E-state index is 13.4. The Kier molecular flexibility index (Phi) is 5.39. The van der Waals surface area contributed by atoms with Crippen LogP contribution >= 0.6 is 0 Å². The maximum Gasteiger partial charge on any atom is 0.436 e. The number of methoxy groups -OCH3 is 2. The zero-order valence-electron chi connectivity index (χ0n) is 15.3. The predicted octanol–water partition coefficient (Wildman–Crippen LogP) is 1.67. The lowest BCUT2D eigenvalue weighted by Gasteiger charge is -2.11. The summed E-state index contributed by atoms with van der Waals surface area (Å²) in [5.41, 5.74) is -1.94. The number of hydrogen-bond donors (Lipinski definition) is 2. The number of carbonyl (C=O) groups excluding carboxylic acids is 1. The third kappa shape index (κ3) is 4.19. The fourth-order valence-corrected chi connectivity index (χ4v) is 3.60. The summed E-state index contributed by atoms with van der Waals surface area (Å²) in [5.74, 6) is -0.435. The van der Waals surface area contributed by atoms with Crippen molar-refractivity contribution >= 4 is 27.6 Å². The number of imidazole rings is 1. The zero-order valence-corrected chi connectivity index (χ0v) is 16.1. The normalized spacial score (nSPS) is 11.9. The summed E-state index contributed by atoms with van der Waals surface area (Å²) in [6.45, 7) is 0. The number of anilines is 1. The number of pyridine rings is 1. The number of sulfonamides is 1. The van der Waals surface area contributed by atoms with Crippen LogP contribution in [-0.4, -0.2) is 48.0 Å². The van der Waals surface area contributed by atoms with Crippen molar-refractivity contribution in [3.8, 4) is 11.8 Å². The monoisotopic (exact) mass is 446 g/mol.